The Hall–Kier alpha value is -2.83. The summed E-state index contributed by atoms with van der Waals surface area (Å²) < 4.78 is 11.8. The number of carbonyl (C=O) groups is 1. The number of nitrogens with zero attached hydrogens (tertiary/aromatic N) is 2. The average molecular weight is 483 g/mol. The van der Waals surface area contributed by atoms with E-state index in [1.807, 2.05) is 45.0 Å². The maximum absolute atomic E-state index is 13.7. The first-order valence-corrected chi connectivity index (χ1v) is 12.2. The molecule has 4 rings (SSSR count). The fraction of sp³-hybridized carbons (Fsp3) is 0.407. The average Bonchev–Trinajstić information content (AvgIpc) is 3.08. The van der Waals surface area contributed by atoms with Crippen LogP contribution in [0.25, 0.3) is 11.0 Å². The van der Waals surface area contributed by atoms with Gasteiger partial charge in [-0.2, -0.15) is 0 Å². The highest BCUT2D eigenvalue weighted by Crippen LogP contribution is 2.39. The van der Waals surface area contributed by atoms with E-state index >= 15 is 0 Å². The second-order valence-corrected chi connectivity index (χ2v) is 9.34. The Morgan fingerprint density at radius 1 is 1.12 bits per heavy atom. The van der Waals surface area contributed by atoms with E-state index in [4.69, 9.17) is 20.8 Å². The largest absolute Gasteiger partial charge is 0.491 e. The predicted molar refractivity (Wildman–Crippen MR) is 135 cm³/mol. The van der Waals surface area contributed by atoms with E-state index in [2.05, 4.69) is 18.7 Å². The normalized spacial score (nSPS) is 15.6. The molecule has 1 aliphatic heterocycles. The molecule has 0 saturated heterocycles. The van der Waals surface area contributed by atoms with Crippen LogP contribution in [0, 0.1) is 6.92 Å². The second kappa shape index (κ2) is 9.80. The molecule has 7 heteroatoms. The van der Waals surface area contributed by atoms with Crippen molar-refractivity contribution in [3.8, 4) is 5.75 Å². The van der Waals surface area contributed by atoms with Crippen LogP contribution in [0.4, 0.5) is 0 Å². The molecule has 0 saturated carbocycles. The predicted octanol–water partition coefficient (Wildman–Crippen LogP) is 5.43. The van der Waals surface area contributed by atoms with Gasteiger partial charge in [-0.1, -0.05) is 37.6 Å². The summed E-state index contributed by atoms with van der Waals surface area (Å²) in [6.45, 7) is 12.9. The lowest BCUT2D eigenvalue weighted by Gasteiger charge is -2.28. The van der Waals surface area contributed by atoms with Crippen molar-refractivity contribution >= 4 is 28.5 Å². The number of benzene rings is 2. The topological polar surface area (TPSA) is 63.0 Å². The number of hydrogen-bond acceptors (Lipinski definition) is 5. The third kappa shape index (κ3) is 4.44. The molecule has 2 aromatic carbocycles. The van der Waals surface area contributed by atoms with Gasteiger partial charge in [-0.25, -0.2) is 0 Å². The third-order valence-electron chi connectivity index (χ3n) is 6.37. The minimum absolute atomic E-state index is 0.0526. The van der Waals surface area contributed by atoms with Gasteiger partial charge >= 0.3 is 0 Å². The maximum atomic E-state index is 13.7. The number of halogens is 1. The first-order valence-electron chi connectivity index (χ1n) is 11.8. The van der Waals surface area contributed by atoms with Crippen LogP contribution in [-0.4, -0.2) is 48.0 Å². The summed E-state index contributed by atoms with van der Waals surface area (Å²) in [5, 5.41) is 0.881. The van der Waals surface area contributed by atoms with Crippen LogP contribution in [0.3, 0.4) is 0 Å². The fourth-order valence-corrected chi connectivity index (χ4v) is 4.67. The number of fused-ring (bicyclic) bond motifs is 2. The van der Waals surface area contributed by atoms with Gasteiger partial charge in [-0.05, 0) is 69.3 Å². The Morgan fingerprint density at radius 3 is 2.41 bits per heavy atom. The second-order valence-electron chi connectivity index (χ2n) is 8.94. The molecule has 180 valence electrons. The van der Waals surface area contributed by atoms with Gasteiger partial charge in [-0.15, -0.1) is 0 Å². The zero-order valence-electron chi connectivity index (χ0n) is 20.4. The lowest BCUT2D eigenvalue weighted by Crippen LogP contribution is -2.37. The lowest BCUT2D eigenvalue weighted by atomic mass is 9.98. The van der Waals surface area contributed by atoms with Crippen molar-refractivity contribution in [2.24, 2.45) is 0 Å². The van der Waals surface area contributed by atoms with Gasteiger partial charge in [0.1, 0.15) is 11.3 Å². The van der Waals surface area contributed by atoms with Gasteiger partial charge in [0, 0.05) is 18.1 Å². The number of likely N-dealkylation sites (N-methyl/N-ethyl adjacent to an activating group) is 1. The summed E-state index contributed by atoms with van der Waals surface area (Å²) in [7, 11) is 0. The smallest absolute Gasteiger partial charge is 0.290 e. The number of aryl methyl sites for hydroxylation is 1. The number of carbonyl (C=O) groups excluding carboxylic acids is 1. The summed E-state index contributed by atoms with van der Waals surface area (Å²) in [5.74, 6) is 0.596. The Kier molecular flexibility index (Phi) is 7.01. The lowest BCUT2D eigenvalue weighted by molar-refractivity contribution is 0.0708. The van der Waals surface area contributed by atoms with E-state index in [1.165, 1.54) is 0 Å². The summed E-state index contributed by atoms with van der Waals surface area (Å²) in [5.41, 5.74) is 2.16. The first kappa shape index (κ1) is 24.3. The molecule has 0 aliphatic carbocycles. The molecule has 1 atom stereocenters. The molecule has 2 heterocycles. The SMILES string of the molecule is CCN(CC)CCN1C(=O)c2oc3cc(C)c(Cl)cc3c(=O)c2C1c1ccc(OC(C)C)cc1. The molecule has 0 N–H and O–H groups in total. The number of rotatable bonds is 8. The van der Waals surface area contributed by atoms with Crippen molar-refractivity contribution in [1.29, 1.82) is 0 Å². The standard InChI is InChI=1S/C27H31ClN2O4/c1-6-29(7-2)12-13-30-24(18-8-10-19(11-9-18)33-16(3)4)23-25(31)20-15-21(28)17(5)14-22(20)34-26(23)27(30)32/h8-11,14-16,24H,6-7,12-13H2,1-5H3. The van der Waals surface area contributed by atoms with Crippen molar-refractivity contribution in [3.63, 3.8) is 0 Å². The molecule has 34 heavy (non-hydrogen) atoms. The molecule has 1 unspecified atom stereocenters. The zero-order chi connectivity index (χ0) is 24.6. The van der Waals surface area contributed by atoms with Crippen LogP contribution < -0.4 is 10.2 Å². The van der Waals surface area contributed by atoms with Gasteiger partial charge in [0.05, 0.1) is 23.1 Å². The van der Waals surface area contributed by atoms with Gasteiger partial charge in [0.2, 0.25) is 5.76 Å². The summed E-state index contributed by atoms with van der Waals surface area (Å²) >= 11 is 6.32. The van der Waals surface area contributed by atoms with Crippen LogP contribution >= 0.6 is 11.6 Å². The van der Waals surface area contributed by atoms with Crippen LogP contribution in [-0.2, 0) is 0 Å². The molecular formula is C27H31ClN2O4. The molecule has 0 radical (unpaired) electrons. The van der Waals surface area contributed by atoms with E-state index < -0.39 is 6.04 Å². The summed E-state index contributed by atoms with van der Waals surface area (Å²) in [4.78, 5) is 31.2. The molecule has 0 spiro atoms. The monoisotopic (exact) mass is 482 g/mol. The van der Waals surface area contributed by atoms with Gasteiger partial charge in [0.25, 0.3) is 5.91 Å². The Bertz CT molecular complexity index is 1260. The Morgan fingerprint density at radius 2 is 1.79 bits per heavy atom. The van der Waals surface area contributed by atoms with Crippen molar-refractivity contribution in [2.75, 3.05) is 26.2 Å². The highest BCUT2D eigenvalue weighted by molar-refractivity contribution is 6.32. The third-order valence-corrected chi connectivity index (χ3v) is 6.77. The molecule has 6 nitrogen and oxygen atoms in total. The molecular weight excluding hydrogens is 452 g/mol. The van der Waals surface area contributed by atoms with E-state index in [-0.39, 0.29) is 23.2 Å². The van der Waals surface area contributed by atoms with Crippen molar-refractivity contribution in [1.82, 2.24) is 9.80 Å². The van der Waals surface area contributed by atoms with Gasteiger partial charge in [-0.3, -0.25) is 9.59 Å². The number of hydrogen-bond donors (Lipinski definition) is 0. The zero-order valence-corrected chi connectivity index (χ0v) is 21.1. The summed E-state index contributed by atoms with van der Waals surface area (Å²) in [6.07, 6.45) is 0.0526. The minimum atomic E-state index is -0.535. The number of amides is 1. The molecule has 0 bridgehead atoms. The van der Waals surface area contributed by atoms with Gasteiger partial charge < -0.3 is 19.0 Å². The minimum Gasteiger partial charge on any atom is -0.491 e. The molecule has 3 aromatic rings. The van der Waals surface area contributed by atoms with Crippen molar-refractivity contribution in [3.05, 3.63) is 74.1 Å². The fourth-order valence-electron chi connectivity index (χ4n) is 4.51. The molecule has 1 aliphatic rings. The highest BCUT2D eigenvalue weighted by Gasteiger charge is 2.42. The van der Waals surface area contributed by atoms with Crippen LogP contribution in [0.1, 0.15) is 61.0 Å². The first-order chi connectivity index (χ1) is 16.2. The quantitative estimate of drug-likeness (QED) is 0.428. The Labute approximate surface area is 205 Å². The highest BCUT2D eigenvalue weighted by atomic mass is 35.5. The Balaban J connectivity index is 1.84. The maximum Gasteiger partial charge on any atom is 0.290 e. The molecule has 1 aromatic heterocycles. The van der Waals surface area contributed by atoms with Crippen molar-refractivity contribution in [2.45, 2.75) is 46.8 Å². The van der Waals surface area contributed by atoms with Crippen LogP contribution in [0.5, 0.6) is 5.75 Å². The number of ether oxygens (including phenoxy) is 1. The van der Waals surface area contributed by atoms with Crippen molar-refractivity contribution < 1.29 is 13.9 Å². The van der Waals surface area contributed by atoms with E-state index in [0.29, 0.717) is 34.6 Å². The van der Waals surface area contributed by atoms with Crippen LogP contribution in [0.2, 0.25) is 5.02 Å². The van der Waals surface area contributed by atoms with Crippen LogP contribution in [0.15, 0.2) is 45.6 Å². The molecule has 1 amide bonds. The van der Waals surface area contributed by atoms with E-state index in [9.17, 15) is 9.59 Å². The molecule has 0 fully saturated rings. The van der Waals surface area contributed by atoms with Gasteiger partial charge in [0.15, 0.2) is 5.43 Å². The summed E-state index contributed by atoms with van der Waals surface area (Å²) in [6, 6.07) is 10.4. The van der Waals surface area contributed by atoms with E-state index in [1.54, 1.807) is 17.0 Å². The van der Waals surface area contributed by atoms with E-state index in [0.717, 1.165) is 30.0 Å².